The summed E-state index contributed by atoms with van der Waals surface area (Å²) in [6, 6.07) is 2.16. The van der Waals surface area contributed by atoms with Crippen LogP contribution in [0.5, 0.6) is 0 Å². The lowest BCUT2D eigenvalue weighted by atomic mass is 10.2. The molecule has 0 heterocycles. The molecule has 1 aromatic carbocycles. The Morgan fingerprint density at radius 1 is 1.14 bits per heavy atom. The molecule has 1 aromatic rings. The van der Waals surface area contributed by atoms with E-state index in [1.54, 1.807) is 0 Å². The van der Waals surface area contributed by atoms with E-state index in [1.165, 1.54) is 0 Å². The lowest BCUT2D eigenvalue weighted by molar-refractivity contribution is -0.189. The van der Waals surface area contributed by atoms with Crippen molar-refractivity contribution in [3.05, 3.63) is 35.4 Å². The van der Waals surface area contributed by atoms with Crippen molar-refractivity contribution in [2.24, 2.45) is 0 Å². The number of halogens is 5. The third-order valence-electron chi connectivity index (χ3n) is 2.78. The standard InChI is InChI=1S/C11H12F5NO4Si/c1-19-22(20-2,21-3)11(14,15)17(16)10(18)7-5-4-6-8(12)9(7)13/h4-6H,1-3H3. The van der Waals surface area contributed by atoms with Crippen molar-refractivity contribution in [3.8, 4) is 0 Å². The summed E-state index contributed by atoms with van der Waals surface area (Å²) in [5.74, 6) is -5.35. The molecular formula is C11H12F5NO4Si. The summed E-state index contributed by atoms with van der Waals surface area (Å²) in [5.41, 5.74) is -5.88. The number of benzene rings is 1. The Morgan fingerprint density at radius 3 is 2.09 bits per heavy atom. The van der Waals surface area contributed by atoms with Gasteiger partial charge in [-0.2, -0.15) is 8.78 Å². The van der Waals surface area contributed by atoms with E-state index in [1.807, 2.05) is 0 Å². The summed E-state index contributed by atoms with van der Waals surface area (Å²) in [6.07, 6.45) is 0. The Labute approximate surface area is 123 Å². The first kappa shape index (κ1) is 18.5. The van der Waals surface area contributed by atoms with Gasteiger partial charge in [0.25, 0.3) is 5.91 Å². The maximum absolute atomic E-state index is 14.1. The Balaban J connectivity index is 3.25. The molecule has 0 aliphatic rings. The molecule has 0 spiro atoms. The average Bonchev–Trinajstić information content (AvgIpc) is 2.50. The zero-order chi connectivity index (χ0) is 17.1. The molecule has 0 N–H and O–H groups in total. The van der Waals surface area contributed by atoms with E-state index in [-0.39, 0.29) is 0 Å². The highest BCUT2D eigenvalue weighted by atomic mass is 28.4. The van der Waals surface area contributed by atoms with Crippen molar-refractivity contribution < 1.29 is 40.1 Å². The highest BCUT2D eigenvalue weighted by Crippen LogP contribution is 2.34. The first-order valence-corrected chi connectivity index (χ1v) is 7.38. The number of amides is 1. The van der Waals surface area contributed by atoms with Gasteiger partial charge in [-0.3, -0.25) is 4.79 Å². The molecule has 0 unspecified atom stereocenters. The third-order valence-corrected chi connectivity index (χ3v) is 5.33. The van der Waals surface area contributed by atoms with Crippen LogP contribution in [0.4, 0.5) is 22.0 Å². The summed E-state index contributed by atoms with van der Waals surface area (Å²) < 4.78 is 81.7. The number of alkyl halides is 2. The topological polar surface area (TPSA) is 48.0 Å². The average molecular weight is 345 g/mol. The normalized spacial score (nSPS) is 12.4. The van der Waals surface area contributed by atoms with Gasteiger partial charge in [-0.25, -0.2) is 8.78 Å². The van der Waals surface area contributed by atoms with E-state index in [2.05, 4.69) is 13.3 Å². The summed E-state index contributed by atoms with van der Waals surface area (Å²) in [5, 5.41) is -1.59. The molecule has 0 saturated heterocycles. The van der Waals surface area contributed by atoms with Gasteiger partial charge >= 0.3 is 14.5 Å². The zero-order valence-electron chi connectivity index (χ0n) is 11.7. The predicted molar refractivity (Wildman–Crippen MR) is 65.4 cm³/mol. The second kappa shape index (κ2) is 6.69. The lowest BCUT2D eigenvalue weighted by Gasteiger charge is -2.33. The van der Waals surface area contributed by atoms with Crippen LogP contribution in [0.2, 0.25) is 0 Å². The highest BCUT2D eigenvalue weighted by molar-refractivity contribution is 6.63. The molecule has 5 nitrogen and oxygen atoms in total. The predicted octanol–water partition coefficient (Wildman–Crippen LogP) is 2.30. The van der Waals surface area contributed by atoms with Crippen molar-refractivity contribution in [2.75, 3.05) is 21.3 Å². The quantitative estimate of drug-likeness (QED) is 0.344. The molecule has 0 fully saturated rings. The van der Waals surface area contributed by atoms with Crippen LogP contribution in [0.1, 0.15) is 10.4 Å². The summed E-state index contributed by atoms with van der Waals surface area (Å²) in [4.78, 5) is 11.7. The van der Waals surface area contributed by atoms with Crippen LogP contribution < -0.4 is 0 Å². The first-order chi connectivity index (χ1) is 10.2. The largest absolute Gasteiger partial charge is 0.602 e. The van der Waals surface area contributed by atoms with E-state index < -0.39 is 42.7 Å². The van der Waals surface area contributed by atoms with E-state index in [4.69, 9.17) is 0 Å². The second-order valence-corrected chi connectivity index (χ2v) is 6.84. The molecule has 0 bridgehead atoms. The van der Waals surface area contributed by atoms with Crippen LogP contribution >= 0.6 is 0 Å². The van der Waals surface area contributed by atoms with Gasteiger partial charge < -0.3 is 13.3 Å². The van der Waals surface area contributed by atoms with Crippen LogP contribution in [0, 0.1) is 11.6 Å². The minimum atomic E-state index is -4.95. The molecule has 0 radical (unpaired) electrons. The maximum Gasteiger partial charge on any atom is 0.602 e. The van der Waals surface area contributed by atoms with Gasteiger partial charge in [-0.05, 0) is 12.1 Å². The van der Waals surface area contributed by atoms with Crippen LogP contribution in [0.25, 0.3) is 0 Å². The summed E-state index contributed by atoms with van der Waals surface area (Å²) in [6.45, 7) is 0. The minimum absolute atomic E-state index is 0.644. The third kappa shape index (κ3) is 2.84. The van der Waals surface area contributed by atoms with Crippen LogP contribution in [-0.2, 0) is 13.3 Å². The molecule has 1 rings (SSSR count). The Bertz CT molecular complexity index is 547. The van der Waals surface area contributed by atoms with Gasteiger partial charge in [0.15, 0.2) is 11.6 Å². The SMILES string of the molecule is CO[Si](OC)(OC)C(F)(F)N(F)C(=O)c1cccc(F)c1F. The van der Waals surface area contributed by atoms with Gasteiger partial charge in [-0.1, -0.05) is 10.5 Å². The fraction of sp³-hybridized carbons (Fsp3) is 0.364. The molecule has 0 saturated carbocycles. The van der Waals surface area contributed by atoms with Crippen molar-refractivity contribution in [3.63, 3.8) is 0 Å². The van der Waals surface area contributed by atoms with E-state index in [0.29, 0.717) is 12.1 Å². The molecule has 0 aromatic heterocycles. The van der Waals surface area contributed by atoms with Crippen LogP contribution in [-0.4, -0.2) is 46.8 Å². The molecule has 0 aliphatic heterocycles. The molecule has 1 amide bonds. The monoisotopic (exact) mass is 345 g/mol. The fourth-order valence-corrected chi connectivity index (χ4v) is 3.22. The summed E-state index contributed by atoms with van der Waals surface area (Å²) >= 11 is 0. The van der Waals surface area contributed by atoms with Gasteiger partial charge in [-0.15, -0.1) is 5.12 Å². The molecule has 124 valence electrons. The number of carbonyl (C=O) groups excluding carboxylic acids is 1. The first-order valence-electron chi connectivity index (χ1n) is 5.66. The maximum atomic E-state index is 14.1. The van der Waals surface area contributed by atoms with E-state index in [0.717, 1.165) is 27.4 Å². The van der Waals surface area contributed by atoms with Gasteiger partial charge in [0.2, 0.25) is 0 Å². The van der Waals surface area contributed by atoms with Crippen molar-refractivity contribution in [1.82, 2.24) is 5.12 Å². The summed E-state index contributed by atoms with van der Waals surface area (Å²) in [7, 11) is -2.64. The van der Waals surface area contributed by atoms with E-state index >= 15 is 0 Å². The number of hydrogen-bond donors (Lipinski definition) is 0. The van der Waals surface area contributed by atoms with E-state index in [9.17, 15) is 26.8 Å². The molecular weight excluding hydrogens is 333 g/mol. The number of hydrogen-bond acceptors (Lipinski definition) is 4. The Kier molecular flexibility index (Phi) is 5.62. The number of rotatable bonds is 6. The Morgan fingerprint density at radius 2 is 1.64 bits per heavy atom. The highest BCUT2D eigenvalue weighted by Gasteiger charge is 2.70. The molecule has 0 aliphatic carbocycles. The van der Waals surface area contributed by atoms with Crippen molar-refractivity contribution in [1.29, 1.82) is 0 Å². The second-order valence-electron chi connectivity index (χ2n) is 3.90. The van der Waals surface area contributed by atoms with Crippen LogP contribution in [0.15, 0.2) is 18.2 Å². The lowest BCUT2D eigenvalue weighted by Crippen LogP contribution is -2.66. The number of carbonyl (C=O) groups is 1. The molecule has 0 atom stereocenters. The molecule has 11 heteroatoms. The molecule has 22 heavy (non-hydrogen) atoms. The minimum Gasteiger partial charge on any atom is -0.372 e. The fourth-order valence-electron chi connectivity index (χ4n) is 1.64. The van der Waals surface area contributed by atoms with Crippen molar-refractivity contribution >= 4 is 14.7 Å². The van der Waals surface area contributed by atoms with Gasteiger partial charge in [0.05, 0.1) is 5.56 Å². The van der Waals surface area contributed by atoms with Gasteiger partial charge in [0.1, 0.15) is 0 Å². The van der Waals surface area contributed by atoms with Crippen LogP contribution in [0.3, 0.4) is 0 Å². The Hall–Kier alpha value is -1.56. The van der Waals surface area contributed by atoms with Gasteiger partial charge in [0, 0.05) is 21.3 Å². The zero-order valence-corrected chi connectivity index (χ0v) is 12.7. The smallest absolute Gasteiger partial charge is 0.372 e. The van der Waals surface area contributed by atoms with Crippen molar-refractivity contribution in [2.45, 2.75) is 5.67 Å². The number of nitrogens with zero attached hydrogens (tertiary/aromatic N) is 1.